The van der Waals surface area contributed by atoms with E-state index < -0.39 is 6.10 Å². The van der Waals surface area contributed by atoms with E-state index in [-0.39, 0.29) is 13.2 Å². The molecule has 0 fully saturated rings. The Bertz CT molecular complexity index is 455. The van der Waals surface area contributed by atoms with Gasteiger partial charge in [-0.3, -0.25) is 4.90 Å². The summed E-state index contributed by atoms with van der Waals surface area (Å²) in [6.45, 7) is 4.83. The molecule has 1 atom stereocenters. The maximum Gasteiger partial charge on any atom is 0.161 e. The Morgan fingerprint density at radius 3 is 2.50 bits per heavy atom. The number of nitrogens with zero attached hydrogens (tertiary/aromatic N) is 1. The fourth-order valence-corrected chi connectivity index (χ4v) is 2.45. The normalized spacial score (nSPS) is 12.4. The molecule has 0 amide bonds. The summed E-state index contributed by atoms with van der Waals surface area (Å²) >= 11 is 0. The largest absolute Gasteiger partial charge is 0.493 e. The van der Waals surface area contributed by atoms with E-state index in [0.29, 0.717) is 31.2 Å². The summed E-state index contributed by atoms with van der Waals surface area (Å²) in [4.78, 5) is 2.06. The predicted molar refractivity (Wildman–Crippen MR) is 93.6 cm³/mol. The molecule has 6 nitrogen and oxygen atoms in total. The molecule has 0 heterocycles. The highest BCUT2D eigenvalue weighted by Gasteiger charge is 2.12. The highest BCUT2D eigenvalue weighted by Crippen LogP contribution is 2.27. The molecule has 1 aromatic rings. The van der Waals surface area contributed by atoms with Gasteiger partial charge < -0.3 is 24.4 Å². The number of methoxy groups -OCH3 is 2. The molecule has 0 spiro atoms. The lowest BCUT2D eigenvalue weighted by molar-refractivity contribution is 0.00740. The molecular weight excluding hydrogens is 310 g/mol. The first-order chi connectivity index (χ1) is 11.6. The van der Waals surface area contributed by atoms with Gasteiger partial charge in [-0.1, -0.05) is 19.4 Å². The Morgan fingerprint density at radius 2 is 1.88 bits per heavy atom. The van der Waals surface area contributed by atoms with E-state index in [1.807, 2.05) is 18.2 Å². The van der Waals surface area contributed by atoms with Gasteiger partial charge in [0.15, 0.2) is 11.5 Å². The van der Waals surface area contributed by atoms with Crippen LogP contribution in [-0.4, -0.2) is 68.3 Å². The quantitative estimate of drug-likeness (QED) is 0.569. The summed E-state index contributed by atoms with van der Waals surface area (Å²) in [5, 5.41) is 19.2. The minimum Gasteiger partial charge on any atom is -0.493 e. The van der Waals surface area contributed by atoms with Crippen molar-refractivity contribution in [2.24, 2.45) is 0 Å². The Morgan fingerprint density at radius 1 is 1.12 bits per heavy atom. The minimum atomic E-state index is -0.575. The van der Waals surface area contributed by atoms with E-state index >= 15 is 0 Å². The molecule has 0 radical (unpaired) electrons. The van der Waals surface area contributed by atoms with Gasteiger partial charge in [-0.15, -0.1) is 0 Å². The summed E-state index contributed by atoms with van der Waals surface area (Å²) in [6.07, 6.45) is 1.57. The van der Waals surface area contributed by atoms with Gasteiger partial charge in [0.05, 0.1) is 40.1 Å². The van der Waals surface area contributed by atoms with Crippen LogP contribution in [-0.2, 0) is 11.3 Å². The smallest absolute Gasteiger partial charge is 0.161 e. The number of hydrogen-bond acceptors (Lipinski definition) is 6. The van der Waals surface area contributed by atoms with Gasteiger partial charge in [0.1, 0.15) is 0 Å². The van der Waals surface area contributed by atoms with Crippen molar-refractivity contribution in [3.05, 3.63) is 23.8 Å². The molecule has 138 valence electrons. The van der Waals surface area contributed by atoms with Crippen LogP contribution in [0, 0.1) is 0 Å². The predicted octanol–water partition coefficient (Wildman–Crippen LogP) is 1.68. The molecule has 24 heavy (non-hydrogen) atoms. The van der Waals surface area contributed by atoms with Crippen LogP contribution in [0.4, 0.5) is 0 Å². The number of hydrogen-bond donors (Lipinski definition) is 2. The number of rotatable bonds is 13. The van der Waals surface area contributed by atoms with Gasteiger partial charge in [0, 0.05) is 13.1 Å². The molecule has 0 saturated heterocycles. The zero-order valence-corrected chi connectivity index (χ0v) is 15.0. The maximum absolute atomic E-state index is 10.1. The van der Waals surface area contributed by atoms with Crippen molar-refractivity contribution in [3.8, 4) is 11.5 Å². The first kappa shape index (κ1) is 20.7. The maximum atomic E-state index is 10.1. The number of ether oxygens (including phenoxy) is 3. The molecule has 2 N–H and O–H groups in total. The first-order valence-corrected chi connectivity index (χ1v) is 8.44. The van der Waals surface area contributed by atoms with E-state index in [0.717, 1.165) is 24.9 Å². The van der Waals surface area contributed by atoms with Crippen molar-refractivity contribution < 1.29 is 24.4 Å². The number of aliphatic hydroxyl groups excluding tert-OH is 2. The summed E-state index contributed by atoms with van der Waals surface area (Å²) in [7, 11) is 3.19. The second-order valence-corrected chi connectivity index (χ2v) is 5.74. The van der Waals surface area contributed by atoms with Crippen LogP contribution < -0.4 is 9.47 Å². The van der Waals surface area contributed by atoms with Crippen molar-refractivity contribution in [3.63, 3.8) is 0 Å². The van der Waals surface area contributed by atoms with E-state index in [9.17, 15) is 5.11 Å². The molecule has 0 saturated carbocycles. The van der Waals surface area contributed by atoms with Crippen molar-refractivity contribution in [1.82, 2.24) is 4.90 Å². The molecule has 0 aliphatic heterocycles. The van der Waals surface area contributed by atoms with Crippen LogP contribution in [0.1, 0.15) is 25.3 Å². The summed E-state index contributed by atoms with van der Waals surface area (Å²) in [6, 6.07) is 5.61. The van der Waals surface area contributed by atoms with Gasteiger partial charge in [-0.25, -0.2) is 0 Å². The third-order valence-corrected chi connectivity index (χ3v) is 3.74. The van der Waals surface area contributed by atoms with Gasteiger partial charge in [0.25, 0.3) is 0 Å². The SMILES string of the molecule is CCCCN(CCO)C[C@H](O)COCc1ccc(OC)c(OC)c1. The molecule has 0 bridgehead atoms. The Hall–Kier alpha value is -1.34. The van der Waals surface area contributed by atoms with Crippen molar-refractivity contribution in [2.45, 2.75) is 32.5 Å². The molecule has 0 aromatic heterocycles. The van der Waals surface area contributed by atoms with E-state index in [2.05, 4.69) is 11.8 Å². The second kappa shape index (κ2) is 12.1. The van der Waals surface area contributed by atoms with Crippen LogP contribution >= 0.6 is 0 Å². The Balaban J connectivity index is 2.39. The zero-order valence-electron chi connectivity index (χ0n) is 15.0. The molecule has 0 aliphatic carbocycles. The van der Waals surface area contributed by atoms with Crippen LogP contribution in [0.15, 0.2) is 18.2 Å². The lowest BCUT2D eigenvalue weighted by Gasteiger charge is -2.24. The van der Waals surface area contributed by atoms with Crippen molar-refractivity contribution in [1.29, 1.82) is 0 Å². The topological polar surface area (TPSA) is 71.4 Å². The van der Waals surface area contributed by atoms with E-state index in [1.165, 1.54) is 0 Å². The number of benzene rings is 1. The molecule has 1 aromatic carbocycles. The fourth-order valence-electron chi connectivity index (χ4n) is 2.45. The zero-order chi connectivity index (χ0) is 17.8. The fraction of sp³-hybridized carbons (Fsp3) is 0.667. The number of unbranched alkanes of at least 4 members (excludes halogenated alkanes) is 1. The molecule has 0 unspecified atom stereocenters. The van der Waals surface area contributed by atoms with Crippen LogP contribution in [0.25, 0.3) is 0 Å². The van der Waals surface area contributed by atoms with E-state index in [4.69, 9.17) is 19.3 Å². The summed E-state index contributed by atoms with van der Waals surface area (Å²) < 4.78 is 16.1. The van der Waals surface area contributed by atoms with E-state index in [1.54, 1.807) is 14.2 Å². The highest BCUT2D eigenvalue weighted by atomic mass is 16.5. The summed E-state index contributed by atoms with van der Waals surface area (Å²) in [5.74, 6) is 1.34. The van der Waals surface area contributed by atoms with Gasteiger partial charge in [-0.05, 0) is 30.7 Å². The first-order valence-electron chi connectivity index (χ1n) is 8.44. The van der Waals surface area contributed by atoms with Gasteiger partial charge >= 0.3 is 0 Å². The third kappa shape index (κ3) is 7.49. The lowest BCUT2D eigenvalue weighted by atomic mass is 10.2. The second-order valence-electron chi connectivity index (χ2n) is 5.74. The Labute approximate surface area is 144 Å². The summed E-state index contributed by atoms with van der Waals surface area (Å²) in [5.41, 5.74) is 0.957. The monoisotopic (exact) mass is 341 g/mol. The standard InChI is InChI=1S/C18H31NO5/c1-4-5-8-19(9-10-20)12-16(21)14-24-13-15-6-7-17(22-2)18(11-15)23-3/h6-7,11,16,20-21H,4-5,8-10,12-14H2,1-3H3/t16-/m0/s1. The van der Waals surface area contributed by atoms with Crippen LogP contribution in [0.5, 0.6) is 11.5 Å². The van der Waals surface area contributed by atoms with Crippen LogP contribution in [0.3, 0.4) is 0 Å². The van der Waals surface area contributed by atoms with Crippen molar-refractivity contribution >= 4 is 0 Å². The Kier molecular flexibility index (Phi) is 10.4. The lowest BCUT2D eigenvalue weighted by Crippen LogP contribution is -2.37. The highest BCUT2D eigenvalue weighted by molar-refractivity contribution is 5.42. The molecule has 0 aliphatic rings. The average Bonchev–Trinajstić information content (AvgIpc) is 2.59. The van der Waals surface area contributed by atoms with Gasteiger partial charge in [-0.2, -0.15) is 0 Å². The average molecular weight is 341 g/mol. The minimum absolute atomic E-state index is 0.100. The van der Waals surface area contributed by atoms with Crippen molar-refractivity contribution in [2.75, 3.05) is 47.1 Å². The number of aliphatic hydroxyl groups is 2. The molecular formula is C18H31NO5. The van der Waals surface area contributed by atoms with Crippen LogP contribution in [0.2, 0.25) is 0 Å². The molecule has 6 heteroatoms. The molecule has 1 rings (SSSR count). The van der Waals surface area contributed by atoms with Gasteiger partial charge in [0.2, 0.25) is 0 Å². The third-order valence-electron chi connectivity index (χ3n) is 3.74.